The van der Waals surface area contributed by atoms with Crippen molar-refractivity contribution in [3.8, 4) is 0 Å². The Balaban J connectivity index is 2.08. The molecule has 0 aliphatic rings. The zero-order valence-corrected chi connectivity index (χ0v) is 16.3. The minimum atomic E-state index is -0.440. The van der Waals surface area contributed by atoms with E-state index < -0.39 is 5.97 Å². The monoisotopic (exact) mass is 380 g/mol. The van der Waals surface area contributed by atoms with E-state index in [0.717, 1.165) is 15.8 Å². The fourth-order valence-electron chi connectivity index (χ4n) is 2.99. The maximum Gasteiger partial charge on any atom is 0.337 e. The van der Waals surface area contributed by atoms with Gasteiger partial charge in [0.1, 0.15) is 0 Å². The van der Waals surface area contributed by atoms with E-state index >= 15 is 0 Å². The molecule has 0 fully saturated rings. The van der Waals surface area contributed by atoms with Crippen molar-refractivity contribution in [2.24, 2.45) is 4.99 Å². The lowest BCUT2D eigenvalue weighted by Gasteiger charge is -2.05. The van der Waals surface area contributed by atoms with Gasteiger partial charge in [-0.3, -0.25) is 4.79 Å². The average Bonchev–Trinajstić information content (AvgIpc) is 2.98. The number of carbonyl (C=O) groups is 2. The van der Waals surface area contributed by atoms with E-state index in [1.807, 2.05) is 4.57 Å². The first-order chi connectivity index (χ1) is 12.9. The van der Waals surface area contributed by atoms with E-state index in [-0.39, 0.29) is 5.91 Å². The number of amides is 1. The van der Waals surface area contributed by atoms with E-state index in [9.17, 15) is 9.59 Å². The van der Waals surface area contributed by atoms with Crippen LogP contribution in [0.4, 0.5) is 0 Å². The second-order valence-electron chi connectivity index (χ2n) is 6.20. The van der Waals surface area contributed by atoms with Crippen molar-refractivity contribution in [2.75, 3.05) is 7.11 Å². The van der Waals surface area contributed by atoms with Crippen LogP contribution in [0.5, 0.6) is 0 Å². The van der Waals surface area contributed by atoms with Gasteiger partial charge in [0.25, 0.3) is 5.91 Å². The average molecular weight is 380 g/mol. The molecule has 0 aliphatic carbocycles. The fourth-order valence-corrected chi connectivity index (χ4v) is 4.21. The van der Waals surface area contributed by atoms with Crippen LogP contribution in [0.1, 0.15) is 31.8 Å². The summed E-state index contributed by atoms with van der Waals surface area (Å²) in [5, 5.41) is 0. The Kier molecular flexibility index (Phi) is 5.37. The van der Waals surface area contributed by atoms with Gasteiger partial charge < -0.3 is 9.30 Å². The van der Waals surface area contributed by atoms with Crippen molar-refractivity contribution in [3.05, 3.63) is 76.1 Å². The minimum Gasteiger partial charge on any atom is -0.465 e. The van der Waals surface area contributed by atoms with Gasteiger partial charge in [0, 0.05) is 12.1 Å². The molecule has 0 spiro atoms. The molecule has 6 heteroatoms. The summed E-state index contributed by atoms with van der Waals surface area (Å²) < 4.78 is 7.76. The standard InChI is InChI=1S/C21H20N2O3S/c1-5-10-23-18-14(3)11-13(2)12-17(18)27-21(23)22-19(24)15-6-8-16(9-7-15)20(25)26-4/h5-9,11-12H,1,10H2,2-4H3. The van der Waals surface area contributed by atoms with E-state index in [1.165, 1.54) is 24.0 Å². The molecule has 1 aromatic heterocycles. The molecule has 1 heterocycles. The van der Waals surface area contributed by atoms with Crippen LogP contribution in [-0.4, -0.2) is 23.6 Å². The fraction of sp³-hybridized carbons (Fsp3) is 0.190. The number of thiazole rings is 1. The largest absolute Gasteiger partial charge is 0.465 e. The Labute approximate surface area is 161 Å². The molecule has 138 valence electrons. The smallest absolute Gasteiger partial charge is 0.337 e. The number of benzene rings is 2. The number of hydrogen-bond acceptors (Lipinski definition) is 4. The summed E-state index contributed by atoms with van der Waals surface area (Å²) >= 11 is 1.48. The van der Waals surface area contributed by atoms with Crippen LogP contribution in [0, 0.1) is 13.8 Å². The Morgan fingerprint density at radius 1 is 1.19 bits per heavy atom. The molecule has 3 rings (SSSR count). The number of carbonyl (C=O) groups excluding carboxylic acids is 2. The highest BCUT2D eigenvalue weighted by atomic mass is 32.1. The number of aromatic nitrogens is 1. The molecule has 0 bridgehead atoms. The lowest BCUT2D eigenvalue weighted by Crippen LogP contribution is -2.16. The van der Waals surface area contributed by atoms with E-state index in [2.05, 4.69) is 42.3 Å². The molecular weight excluding hydrogens is 360 g/mol. The van der Waals surface area contributed by atoms with Crippen molar-refractivity contribution >= 4 is 33.4 Å². The normalized spacial score (nSPS) is 11.6. The number of allylic oxidation sites excluding steroid dienone is 1. The van der Waals surface area contributed by atoms with E-state index in [0.29, 0.717) is 22.5 Å². The van der Waals surface area contributed by atoms with Gasteiger partial charge in [-0.05, 0) is 55.3 Å². The Hall–Kier alpha value is -2.99. The first-order valence-corrected chi connectivity index (χ1v) is 9.25. The molecule has 3 aromatic rings. The van der Waals surface area contributed by atoms with Gasteiger partial charge in [-0.2, -0.15) is 4.99 Å². The summed E-state index contributed by atoms with van der Waals surface area (Å²) in [5.41, 5.74) is 4.18. The van der Waals surface area contributed by atoms with Gasteiger partial charge in [-0.25, -0.2) is 4.79 Å². The summed E-state index contributed by atoms with van der Waals surface area (Å²) in [5.74, 6) is -0.796. The van der Waals surface area contributed by atoms with E-state index in [4.69, 9.17) is 0 Å². The highest BCUT2D eigenvalue weighted by molar-refractivity contribution is 7.16. The number of rotatable bonds is 4. The van der Waals surface area contributed by atoms with Crippen LogP contribution in [0.3, 0.4) is 0 Å². The predicted octanol–water partition coefficient (Wildman–Crippen LogP) is 4.03. The summed E-state index contributed by atoms with van der Waals surface area (Å²) in [7, 11) is 1.32. The minimum absolute atomic E-state index is 0.356. The maximum atomic E-state index is 12.6. The number of nitrogens with zero attached hydrogens (tertiary/aromatic N) is 2. The Morgan fingerprint density at radius 2 is 1.85 bits per heavy atom. The molecule has 2 aromatic carbocycles. The maximum absolute atomic E-state index is 12.6. The summed E-state index contributed by atoms with van der Waals surface area (Å²) in [6.45, 7) is 8.49. The van der Waals surface area contributed by atoms with Gasteiger partial charge in [-0.1, -0.05) is 23.5 Å². The second-order valence-corrected chi connectivity index (χ2v) is 7.21. The van der Waals surface area contributed by atoms with Crippen molar-refractivity contribution < 1.29 is 14.3 Å². The van der Waals surface area contributed by atoms with Crippen molar-refractivity contribution in [3.63, 3.8) is 0 Å². The number of aryl methyl sites for hydroxylation is 2. The quantitative estimate of drug-likeness (QED) is 0.507. The molecule has 0 atom stereocenters. The molecule has 0 saturated heterocycles. The second kappa shape index (κ2) is 7.72. The van der Waals surface area contributed by atoms with Crippen LogP contribution in [0.25, 0.3) is 10.2 Å². The van der Waals surface area contributed by atoms with Crippen molar-refractivity contribution in [1.29, 1.82) is 0 Å². The molecule has 5 nitrogen and oxygen atoms in total. The molecule has 27 heavy (non-hydrogen) atoms. The van der Waals surface area contributed by atoms with Crippen LogP contribution in [-0.2, 0) is 11.3 Å². The van der Waals surface area contributed by atoms with Crippen LogP contribution in [0.15, 0.2) is 54.0 Å². The number of fused-ring (bicyclic) bond motifs is 1. The van der Waals surface area contributed by atoms with Gasteiger partial charge in [0.05, 0.1) is 22.9 Å². The van der Waals surface area contributed by atoms with Crippen LogP contribution < -0.4 is 4.80 Å². The van der Waals surface area contributed by atoms with Gasteiger partial charge in [0.2, 0.25) is 0 Å². The molecule has 0 unspecified atom stereocenters. The first kappa shape index (κ1) is 18.8. The topological polar surface area (TPSA) is 60.7 Å². The summed E-state index contributed by atoms with van der Waals surface area (Å²) in [6, 6.07) is 10.5. The third kappa shape index (κ3) is 3.75. The van der Waals surface area contributed by atoms with Crippen molar-refractivity contribution in [2.45, 2.75) is 20.4 Å². The number of esters is 1. The van der Waals surface area contributed by atoms with Crippen LogP contribution >= 0.6 is 11.3 Å². The Morgan fingerprint density at radius 3 is 2.48 bits per heavy atom. The Bertz CT molecular complexity index is 1100. The van der Waals surface area contributed by atoms with Crippen LogP contribution in [0.2, 0.25) is 0 Å². The summed E-state index contributed by atoms with van der Waals surface area (Å²) in [6.07, 6.45) is 1.79. The molecule has 0 aliphatic heterocycles. The van der Waals surface area contributed by atoms with Gasteiger partial charge >= 0.3 is 5.97 Å². The molecule has 0 saturated carbocycles. The first-order valence-electron chi connectivity index (χ1n) is 8.43. The van der Waals surface area contributed by atoms with Crippen molar-refractivity contribution in [1.82, 2.24) is 4.57 Å². The predicted molar refractivity (Wildman–Crippen MR) is 107 cm³/mol. The zero-order chi connectivity index (χ0) is 19.6. The van der Waals surface area contributed by atoms with Gasteiger partial charge in [0.15, 0.2) is 4.80 Å². The highest BCUT2D eigenvalue weighted by Gasteiger charge is 2.12. The van der Waals surface area contributed by atoms with Gasteiger partial charge in [-0.15, -0.1) is 6.58 Å². The molecule has 0 radical (unpaired) electrons. The van der Waals surface area contributed by atoms with E-state index in [1.54, 1.807) is 30.3 Å². The number of ether oxygens (including phenoxy) is 1. The lowest BCUT2D eigenvalue weighted by atomic mass is 10.1. The lowest BCUT2D eigenvalue weighted by molar-refractivity contribution is 0.0600. The third-order valence-electron chi connectivity index (χ3n) is 4.17. The zero-order valence-electron chi connectivity index (χ0n) is 15.5. The molecular formula is C21H20N2O3S. The third-order valence-corrected chi connectivity index (χ3v) is 5.20. The number of hydrogen-bond donors (Lipinski definition) is 0. The molecule has 1 amide bonds. The number of methoxy groups -OCH3 is 1. The molecule has 0 N–H and O–H groups in total. The SMILES string of the molecule is C=CCn1c(=NC(=O)c2ccc(C(=O)OC)cc2)sc2cc(C)cc(C)c21. The highest BCUT2D eigenvalue weighted by Crippen LogP contribution is 2.23. The summed E-state index contributed by atoms with van der Waals surface area (Å²) in [4.78, 5) is 29.1.